The Morgan fingerprint density at radius 2 is 1.67 bits per heavy atom. The fourth-order valence-corrected chi connectivity index (χ4v) is 2.27. The molecular formula is C18H34N2O. The molecule has 1 aliphatic rings. The lowest BCUT2D eigenvalue weighted by Crippen LogP contribution is -2.40. The summed E-state index contributed by atoms with van der Waals surface area (Å²) in [6.07, 6.45) is 3.51. The van der Waals surface area contributed by atoms with Crippen LogP contribution in [-0.2, 0) is 0 Å². The Hall–Kier alpha value is -1.51. The summed E-state index contributed by atoms with van der Waals surface area (Å²) >= 11 is 0. The molecule has 1 aliphatic heterocycles. The molecule has 0 unspecified atom stereocenters. The van der Waals surface area contributed by atoms with Crippen molar-refractivity contribution in [1.82, 2.24) is 4.90 Å². The van der Waals surface area contributed by atoms with Crippen LogP contribution in [0, 0.1) is 5.92 Å². The summed E-state index contributed by atoms with van der Waals surface area (Å²) in [4.78, 5) is 13.9. The average Bonchev–Trinajstić information content (AvgIpc) is 2.59. The number of piperidine rings is 1. The zero-order valence-corrected chi connectivity index (χ0v) is 14.4. The average molecular weight is 294 g/mol. The smallest absolute Gasteiger partial charge is 0.321 e. The van der Waals surface area contributed by atoms with Gasteiger partial charge in [-0.05, 0) is 30.9 Å². The van der Waals surface area contributed by atoms with Crippen molar-refractivity contribution >= 4 is 11.7 Å². The van der Waals surface area contributed by atoms with E-state index in [1.165, 1.54) is 6.42 Å². The maximum absolute atomic E-state index is 12.0. The van der Waals surface area contributed by atoms with Crippen molar-refractivity contribution in [3.8, 4) is 0 Å². The fraction of sp³-hybridized carbons (Fsp3) is 0.611. The number of nitrogens with one attached hydrogen (secondary N) is 1. The van der Waals surface area contributed by atoms with E-state index in [4.69, 9.17) is 0 Å². The van der Waals surface area contributed by atoms with E-state index >= 15 is 0 Å². The van der Waals surface area contributed by atoms with Gasteiger partial charge in [0.05, 0.1) is 0 Å². The molecule has 0 bridgehead atoms. The molecule has 0 aliphatic carbocycles. The van der Waals surface area contributed by atoms with E-state index in [0.29, 0.717) is 0 Å². The molecular weight excluding hydrogens is 260 g/mol. The third-order valence-electron chi connectivity index (χ3n) is 3.50. The van der Waals surface area contributed by atoms with Crippen LogP contribution >= 0.6 is 0 Å². The zero-order valence-electron chi connectivity index (χ0n) is 14.4. The SMILES string of the molecule is CC.CC.CCC1CCN(C(=O)Nc2ccccc2)CC1.[HH]. The summed E-state index contributed by atoms with van der Waals surface area (Å²) in [7, 11) is 0. The van der Waals surface area contributed by atoms with Crippen molar-refractivity contribution in [2.24, 2.45) is 5.92 Å². The maximum atomic E-state index is 12.0. The van der Waals surface area contributed by atoms with E-state index in [9.17, 15) is 4.79 Å². The quantitative estimate of drug-likeness (QED) is 0.752. The molecule has 0 spiro atoms. The first kappa shape index (κ1) is 19.5. The lowest BCUT2D eigenvalue weighted by Gasteiger charge is -2.31. The van der Waals surface area contributed by atoms with Gasteiger partial charge in [0.1, 0.15) is 0 Å². The second-order valence-electron chi connectivity index (χ2n) is 4.63. The minimum Gasteiger partial charge on any atom is -0.325 e. The van der Waals surface area contributed by atoms with Gasteiger partial charge in [-0.25, -0.2) is 4.79 Å². The number of para-hydroxylation sites is 1. The molecule has 1 fully saturated rings. The van der Waals surface area contributed by atoms with E-state index < -0.39 is 0 Å². The summed E-state index contributed by atoms with van der Waals surface area (Å²) in [5.74, 6) is 0.802. The molecule has 0 aromatic heterocycles. The predicted molar refractivity (Wildman–Crippen MR) is 94.9 cm³/mol. The van der Waals surface area contributed by atoms with Crippen LogP contribution in [-0.4, -0.2) is 24.0 Å². The highest BCUT2D eigenvalue weighted by atomic mass is 16.2. The molecule has 21 heavy (non-hydrogen) atoms. The van der Waals surface area contributed by atoms with Crippen molar-refractivity contribution in [1.29, 1.82) is 0 Å². The Bertz CT molecular complexity index is 363. The summed E-state index contributed by atoms with van der Waals surface area (Å²) in [5, 5.41) is 2.93. The van der Waals surface area contributed by atoms with Gasteiger partial charge in [0.2, 0.25) is 0 Å². The van der Waals surface area contributed by atoms with Crippen LogP contribution in [0.3, 0.4) is 0 Å². The van der Waals surface area contributed by atoms with Gasteiger partial charge in [-0.3, -0.25) is 0 Å². The summed E-state index contributed by atoms with van der Waals surface area (Å²) in [5.41, 5.74) is 0.870. The van der Waals surface area contributed by atoms with Crippen molar-refractivity contribution in [3.63, 3.8) is 0 Å². The first-order valence-electron chi connectivity index (χ1n) is 8.40. The maximum Gasteiger partial charge on any atom is 0.321 e. The molecule has 1 aromatic carbocycles. The molecule has 1 heterocycles. The van der Waals surface area contributed by atoms with E-state index in [2.05, 4.69) is 12.2 Å². The van der Waals surface area contributed by atoms with Gasteiger partial charge in [0.25, 0.3) is 0 Å². The third-order valence-corrected chi connectivity index (χ3v) is 3.50. The molecule has 122 valence electrons. The Balaban J connectivity index is 0. The van der Waals surface area contributed by atoms with E-state index in [1.807, 2.05) is 62.9 Å². The number of likely N-dealkylation sites (tertiary alicyclic amines) is 1. The normalized spacial score (nSPS) is 14.2. The van der Waals surface area contributed by atoms with Gasteiger partial charge >= 0.3 is 6.03 Å². The van der Waals surface area contributed by atoms with Crippen LogP contribution in [0.2, 0.25) is 0 Å². The number of hydrogen-bond acceptors (Lipinski definition) is 1. The standard InChI is InChI=1S/C14H20N2O.2C2H6.H2/c1-2-12-8-10-16(11-9-12)14(17)15-13-6-4-3-5-7-13;2*1-2;/h3-7,12H,2,8-11H2,1H3,(H,15,17);2*1-2H3;1H. The molecule has 1 aromatic rings. The van der Waals surface area contributed by atoms with E-state index in [1.54, 1.807) is 0 Å². The molecule has 3 nitrogen and oxygen atoms in total. The van der Waals surface area contributed by atoms with Crippen LogP contribution in [0.4, 0.5) is 10.5 Å². The van der Waals surface area contributed by atoms with E-state index in [0.717, 1.165) is 37.5 Å². The highest BCUT2D eigenvalue weighted by Gasteiger charge is 2.21. The number of benzene rings is 1. The third kappa shape index (κ3) is 7.16. The molecule has 0 saturated carbocycles. The summed E-state index contributed by atoms with van der Waals surface area (Å²) < 4.78 is 0. The molecule has 0 radical (unpaired) electrons. The van der Waals surface area contributed by atoms with Crippen LogP contribution in [0.25, 0.3) is 0 Å². The van der Waals surface area contributed by atoms with Gasteiger partial charge < -0.3 is 10.2 Å². The summed E-state index contributed by atoms with van der Waals surface area (Å²) in [6, 6.07) is 9.67. The number of anilines is 1. The number of amides is 2. The Morgan fingerprint density at radius 3 is 2.14 bits per heavy atom. The van der Waals surface area contributed by atoms with Gasteiger partial charge in [-0.2, -0.15) is 0 Å². The minimum absolute atomic E-state index is 0. The minimum atomic E-state index is 0. The molecule has 2 amide bonds. The molecule has 1 N–H and O–H groups in total. The Morgan fingerprint density at radius 1 is 1.14 bits per heavy atom. The second-order valence-corrected chi connectivity index (χ2v) is 4.63. The number of rotatable bonds is 2. The topological polar surface area (TPSA) is 32.3 Å². The van der Waals surface area contributed by atoms with E-state index in [-0.39, 0.29) is 7.46 Å². The number of urea groups is 1. The number of carbonyl (C=O) groups is 1. The van der Waals surface area contributed by atoms with Crippen molar-refractivity contribution in [2.45, 2.75) is 53.9 Å². The van der Waals surface area contributed by atoms with Crippen LogP contribution in [0.5, 0.6) is 0 Å². The molecule has 3 heteroatoms. The zero-order chi connectivity index (χ0) is 16.1. The second kappa shape index (κ2) is 12.2. The van der Waals surface area contributed by atoms with Crippen molar-refractivity contribution < 1.29 is 6.22 Å². The molecule has 0 atom stereocenters. The fourth-order valence-electron chi connectivity index (χ4n) is 2.27. The van der Waals surface area contributed by atoms with Crippen LogP contribution < -0.4 is 5.32 Å². The predicted octanol–water partition coefficient (Wildman–Crippen LogP) is 5.64. The first-order chi connectivity index (χ1) is 10.3. The molecule has 1 saturated heterocycles. The lowest BCUT2D eigenvalue weighted by molar-refractivity contribution is 0.181. The van der Waals surface area contributed by atoms with Gasteiger partial charge in [-0.1, -0.05) is 59.2 Å². The molecule has 2 rings (SSSR count). The lowest BCUT2D eigenvalue weighted by atomic mass is 9.95. The highest BCUT2D eigenvalue weighted by Crippen LogP contribution is 2.20. The van der Waals surface area contributed by atoms with Crippen LogP contribution in [0.1, 0.15) is 55.3 Å². The van der Waals surface area contributed by atoms with Gasteiger partial charge in [0.15, 0.2) is 0 Å². The monoisotopic (exact) mass is 294 g/mol. The largest absolute Gasteiger partial charge is 0.325 e. The summed E-state index contributed by atoms with van der Waals surface area (Å²) in [6.45, 7) is 12.0. The van der Waals surface area contributed by atoms with Gasteiger partial charge in [0, 0.05) is 20.2 Å². The number of hydrogen-bond donors (Lipinski definition) is 1. The van der Waals surface area contributed by atoms with Crippen molar-refractivity contribution in [3.05, 3.63) is 30.3 Å². The first-order valence-corrected chi connectivity index (χ1v) is 8.40. The van der Waals surface area contributed by atoms with Gasteiger partial charge in [-0.15, -0.1) is 0 Å². The Labute approximate surface area is 132 Å². The number of carbonyl (C=O) groups excluding carboxylic acids is 1. The Kier molecular flexibility index (Phi) is 11.4. The number of nitrogens with zero attached hydrogens (tertiary/aromatic N) is 1. The van der Waals surface area contributed by atoms with Crippen molar-refractivity contribution in [2.75, 3.05) is 18.4 Å². The van der Waals surface area contributed by atoms with Crippen LogP contribution in [0.15, 0.2) is 30.3 Å². The highest BCUT2D eigenvalue weighted by molar-refractivity contribution is 5.89.